The summed E-state index contributed by atoms with van der Waals surface area (Å²) in [7, 11) is 0. The second-order valence-corrected chi connectivity index (χ2v) is 5.79. The van der Waals surface area contributed by atoms with Crippen molar-refractivity contribution in [2.24, 2.45) is 5.73 Å². The van der Waals surface area contributed by atoms with E-state index in [1.165, 1.54) is 37.1 Å². The number of rotatable bonds is 4. The highest BCUT2D eigenvalue weighted by atomic mass is 15.2. The minimum absolute atomic E-state index is 0.0890. The van der Waals surface area contributed by atoms with Gasteiger partial charge in [0.05, 0.1) is 0 Å². The molecular formula is C16H26N2. The fourth-order valence-corrected chi connectivity index (χ4v) is 3.00. The lowest BCUT2D eigenvalue weighted by Crippen LogP contribution is -2.51. The third-order valence-electron chi connectivity index (χ3n) is 4.65. The topological polar surface area (TPSA) is 29.3 Å². The van der Waals surface area contributed by atoms with Crippen molar-refractivity contribution in [3.63, 3.8) is 0 Å². The van der Waals surface area contributed by atoms with Crippen molar-refractivity contribution in [2.75, 3.05) is 13.1 Å². The molecule has 1 heterocycles. The number of likely N-dealkylation sites (tertiary alicyclic amines) is 1. The largest absolute Gasteiger partial charge is 0.322 e. The van der Waals surface area contributed by atoms with E-state index in [-0.39, 0.29) is 11.6 Å². The average molecular weight is 246 g/mol. The summed E-state index contributed by atoms with van der Waals surface area (Å²) in [5.41, 5.74) is 9.22. The van der Waals surface area contributed by atoms with Gasteiger partial charge in [-0.2, -0.15) is 0 Å². The minimum Gasteiger partial charge on any atom is -0.322 e. The lowest BCUT2D eigenvalue weighted by Gasteiger charge is -2.43. The van der Waals surface area contributed by atoms with Crippen molar-refractivity contribution in [3.8, 4) is 0 Å². The molecule has 100 valence electrons. The maximum Gasteiger partial charge on any atom is 0.0479 e. The quantitative estimate of drug-likeness (QED) is 0.883. The zero-order valence-electron chi connectivity index (χ0n) is 11.9. The number of nitrogens with two attached hydrogens (primary N) is 1. The Balaban J connectivity index is 2.23. The van der Waals surface area contributed by atoms with Crippen LogP contribution in [0.2, 0.25) is 0 Å². The van der Waals surface area contributed by atoms with Crippen molar-refractivity contribution < 1.29 is 0 Å². The van der Waals surface area contributed by atoms with Crippen LogP contribution in [0.25, 0.3) is 0 Å². The van der Waals surface area contributed by atoms with Crippen LogP contribution < -0.4 is 5.73 Å². The molecule has 0 spiro atoms. The van der Waals surface area contributed by atoms with Gasteiger partial charge in [0.1, 0.15) is 0 Å². The molecule has 2 N–H and O–H groups in total. The van der Waals surface area contributed by atoms with E-state index in [9.17, 15) is 0 Å². The van der Waals surface area contributed by atoms with Crippen LogP contribution in [0.4, 0.5) is 0 Å². The first-order valence-electron chi connectivity index (χ1n) is 7.15. The Bertz CT molecular complexity index is 379. The third kappa shape index (κ3) is 2.45. The first-order valence-corrected chi connectivity index (χ1v) is 7.15. The Morgan fingerprint density at radius 2 is 1.78 bits per heavy atom. The van der Waals surface area contributed by atoms with Crippen LogP contribution in [0.15, 0.2) is 24.3 Å². The average Bonchev–Trinajstić information content (AvgIpc) is 2.92. The highest BCUT2D eigenvalue weighted by Gasteiger charge is 2.38. The monoisotopic (exact) mass is 246 g/mol. The summed E-state index contributed by atoms with van der Waals surface area (Å²) in [6, 6.07) is 8.79. The number of aryl methyl sites for hydroxylation is 1. The Kier molecular flexibility index (Phi) is 4.08. The van der Waals surface area contributed by atoms with Crippen molar-refractivity contribution in [1.82, 2.24) is 4.90 Å². The zero-order chi connectivity index (χ0) is 13.2. The summed E-state index contributed by atoms with van der Waals surface area (Å²) < 4.78 is 0. The van der Waals surface area contributed by atoms with Gasteiger partial charge in [-0.1, -0.05) is 36.8 Å². The van der Waals surface area contributed by atoms with E-state index >= 15 is 0 Å². The van der Waals surface area contributed by atoms with Crippen LogP contribution in [0.1, 0.15) is 50.3 Å². The Hall–Kier alpha value is -0.860. The van der Waals surface area contributed by atoms with E-state index in [1.807, 2.05) is 0 Å². The molecule has 0 saturated carbocycles. The van der Waals surface area contributed by atoms with Gasteiger partial charge in [-0.15, -0.1) is 0 Å². The lowest BCUT2D eigenvalue weighted by molar-refractivity contribution is 0.1000. The molecule has 0 bridgehead atoms. The van der Waals surface area contributed by atoms with E-state index in [0.29, 0.717) is 0 Å². The Morgan fingerprint density at radius 3 is 2.28 bits per heavy atom. The molecule has 2 atom stereocenters. The van der Waals surface area contributed by atoms with Crippen molar-refractivity contribution in [1.29, 1.82) is 0 Å². The van der Waals surface area contributed by atoms with E-state index in [0.717, 1.165) is 6.42 Å². The molecule has 2 rings (SSSR count). The van der Waals surface area contributed by atoms with Gasteiger partial charge in [-0.3, -0.25) is 4.90 Å². The second kappa shape index (κ2) is 5.41. The molecule has 2 heteroatoms. The molecule has 1 aliphatic rings. The molecular weight excluding hydrogens is 220 g/mol. The highest BCUT2D eigenvalue weighted by Crippen LogP contribution is 2.34. The fourth-order valence-electron chi connectivity index (χ4n) is 3.00. The summed E-state index contributed by atoms with van der Waals surface area (Å²) in [5, 5.41) is 0. The molecule has 0 aliphatic carbocycles. The molecule has 18 heavy (non-hydrogen) atoms. The Morgan fingerprint density at radius 1 is 1.22 bits per heavy atom. The first-order chi connectivity index (χ1) is 8.58. The van der Waals surface area contributed by atoms with Gasteiger partial charge in [0.15, 0.2) is 0 Å². The summed E-state index contributed by atoms with van der Waals surface area (Å²) in [5.74, 6) is 0. The van der Waals surface area contributed by atoms with Gasteiger partial charge >= 0.3 is 0 Å². The molecule has 0 radical (unpaired) electrons. The summed E-state index contributed by atoms with van der Waals surface area (Å²) in [6.45, 7) is 9.10. The first kappa shape index (κ1) is 13.6. The van der Waals surface area contributed by atoms with E-state index in [1.54, 1.807) is 0 Å². The van der Waals surface area contributed by atoms with Crippen LogP contribution >= 0.6 is 0 Å². The van der Waals surface area contributed by atoms with Gasteiger partial charge < -0.3 is 5.73 Å². The zero-order valence-corrected chi connectivity index (χ0v) is 11.9. The SMILES string of the molecule is CCC(C)(C(N)c1ccc(C)cc1)N1CCCC1. The maximum absolute atomic E-state index is 6.57. The van der Waals surface area contributed by atoms with Crippen LogP contribution in [-0.4, -0.2) is 23.5 Å². The van der Waals surface area contributed by atoms with Gasteiger partial charge in [0.25, 0.3) is 0 Å². The summed E-state index contributed by atoms with van der Waals surface area (Å²) in [6.07, 6.45) is 3.73. The molecule has 1 fully saturated rings. The lowest BCUT2D eigenvalue weighted by atomic mass is 9.83. The minimum atomic E-state index is 0.0890. The second-order valence-electron chi connectivity index (χ2n) is 5.79. The van der Waals surface area contributed by atoms with Crippen LogP contribution in [0.3, 0.4) is 0 Å². The summed E-state index contributed by atoms with van der Waals surface area (Å²) >= 11 is 0. The predicted molar refractivity (Wildman–Crippen MR) is 77.6 cm³/mol. The van der Waals surface area contributed by atoms with E-state index < -0.39 is 0 Å². The molecule has 1 aromatic carbocycles. The molecule has 1 aromatic rings. The highest BCUT2D eigenvalue weighted by molar-refractivity contribution is 5.26. The van der Waals surface area contributed by atoms with Crippen molar-refractivity contribution >= 4 is 0 Å². The van der Waals surface area contributed by atoms with Gasteiger partial charge in [0, 0.05) is 11.6 Å². The van der Waals surface area contributed by atoms with Gasteiger partial charge in [-0.05, 0) is 51.8 Å². The maximum atomic E-state index is 6.57. The standard InChI is InChI=1S/C16H26N2/c1-4-16(3,18-11-5-6-12-18)15(17)14-9-7-13(2)8-10-14/h7-10,15H,4-6,11-12,17H2,1-3H3. The number of nitrogens with zero attached hydrogens (tertiary/aromatic N) is 1. The molecule has 2 nitrogen and oxygen atoms in total. The predicted octanol–water partition coefficient (Wildman–Crippen LogP) is 3.26. The molecule has 0 amide bonds. The van der Waals surface area contributed by atoms with Crippen LogP contribution in [0, 0.1) is 6.92 Å². The third-order valence-corrected chi connectivity index (χ3v) is 4.65. The smallest absolute Gasteiger partial charge is 0.0479 e. The number of hydrogen-bond acceptors (Lipinski definition) is 2. The van der Waals surface area contributed by atoms with Crippen molar-refractivity contribution in [3.05, 3.63) is 35.4 Å². The summed E-state index contributed by atoms with van der Waals surface area (Å²) in [4.78, 5) is 2.58. The molecule has 1 saturated heterocycles. The van der Waals surface area contributed by atoms with E-state index in [4.69, 9.17) is 5.73 Å². The van der Waals surface area contributed by atoms with Gasteiger partial charge in [-0.25, -0.2) is 0 Å². The van der Waals surface area contributed by atoms with Crippen LogP contribution in [-0.2, 0) is 0 Å². The molecule has 1 aliphatic heterocycles. The number of benzene rings is 1. The molecule has 0 aromatic heterocycles. The normalized spacial score (nSPS) is 21.8. The van der Waals surface area contributed by atoms with E-state index in [2.05, 4.69) is 49.9 Å². The fraction of sp³-hybridized carbons (Fsp3) is 0.625. The van der Waals surface area contributed by atoms with Crippen molar-refractivity contribution in [2.45, 2.75) is 51.6 Å². The van der Waals surface area contributed by atoms with Crippen LogP contribution in [0.5, 0.6) is 0 Å². The van der Waals surface area contributed by atoms with Gasteiger partial charge in [0.2, 0.25) is 0 Å². The molecule has 2 unspecified atom stereocenters. The Labute approximate surface area is 111 Å². The number of hydrogen-bond donors (Lipinski definition) is 1.